The molecule has 4 bridgehead atoms. The van der Waals surface area contributed by atoms with Crippen LogP contribution < -0.4 is 0 Å². The number of nitrogens with zero attached hydrogens (tertiary/aromatic N) is 2. The molecular weight excluding hydrogens is 332 g/mol. The van der Waals surface area contributed by atoms with Crippen LogP contribution in [0.3, 0.4) is 0 Å². The van der Waals surface area contributed by atoms with Crippen molar-refractivity contribution in [3.63, 3.8) is 0 Å². The molecule has 3 heteroatoms. The minimum Gasteiger partial charge on any atom is -0.341 e. The van der Waals surface area contributed by atoms with Crippen molar-refractivity contribution in [3.05, 3.63) is 35.4 Å². The zero-order valence-electron chi connectivity index (χ0n) is 16.4. The van der Waals surface area contributed by atoms with Crippen molar-refractivity contribution in [1.82, 2.24) is 9.80 Å². The zero-order chi connectivity index (χ0) is 18.0. The number of carbonyl (C=O) groups excluding carboxylic acids is 1. The number of fused-ring (bicyclic) bond motifs is 1. The van der Waals surface area contributed by atoms with E-state index in [4.69, 9.17) is 0 Å². The zero-order valence-corrected chi connectivity index (χ0v) is 16.4. The summed E-state index contributed by atoms with van der Waals surface area (Å²) in [6.45, 7) is 4.19. The van der Waals surface area contributed by atoms with Crippen LogP contribution in [0.15, 0.2) is 24.3 Å². The van der Waals surface area contributed by atoms with Crippen LogP contribution in [0.25, 0.3) is 0 Å². The number of benzene rings is 1. The maximum Gasteiger partial charge on any atom is 0.228 e. The van der Waals surface area contributed by atoms with Gasteiger partial charge in [0.1, 0.15) is 0 Å². The van der Waals surface area contributed by atoms with Crippen LogP contribution in [-0.4, -0.2) is 41.4 Å². The van der Waals surface area contributed by atoms with Crippen LogP contribution in [-0.2, 0) is 17.8 Å². The van der Waals surface area contributed by atoms with Crippen molar-refractivity contribution >= 4 is 5.91 Å². The largest absolute Gasteiger partial charge is 0.341 e. The highest BCUT2D eigenvalue weighted by Crippen LogP contribution is 2.60. The summed E-state index contributed by atoms with van der Waals surface area (Å²) < 4.78 is 0. The highest BCUT2D eigenvalue weighted by Gasteiger charge is 2.56. The molecule has 1 aromatic rings. The Labute approximate surface area is 163 Å². The average molecular weight is 365 g/mol. The van der Waals surface area contributed by atoms with Gasteiger partial charge in [0.2, 0.25) is 5.91 Å². The molecule has 4 aliphatic carbocycles. The standard InChI is InChI=1S/C24H32N2O/c27-23(24-12-17-9-18(13-24)11-19(10-17)14-24)26-8-6-22(16-26)25-7-5-20-3-1-2-4-21(20)15-25/h1-4,17-19,22H,5-16H2. The molecule has 2 heterocycles. The Balaban J connectivity index is 1.15. The van der Waals surface area contributed by atoms with Gasteiger partial charge in [0.05, 0.1) is 5.41 Å². The summed E-state index contributed by atoms with van der Waals surface area (Å²) in [6, 6.07) is 9.46. The van der Waals surface area contributed by atoms with Crippen molar-refractivity contribution < 1.29 is 4.79 Å². The van der Waals surface area contributed by atoms with Gasteiger partial charge in [-0.3, -0.25) is 9.69 Å². The Kier molecular flexibility index (Phi) is 3.73. The van der Waals surface area contributed by atoms with Crippen molar-refractivity contribution in [1.29, 1.82) is 0 Å². The van der Waals surface area contributed by atoms with Crippen LogP contribution in [0.4, 0.5) is 0 Å². The summed E-state index contributed by atoms with van der Waals surface area (Å²) in [5.74, 6) is 3.12. The normalized spacial score (nSPS) is 40.4. The van der Waals surface area contributed by atoms with E-state index in [-0.39, 0.29) is 5.41 Å². The minimum atomic E-state index is 0.0398. The summed E-state index contributed by atoms with van der Waals surface area (Å²) >= 11 is 0. The molecule has 3 nitrogen and oxygen atoms in total. The lowest BCUT2D eigenvalue weighted by Gasteiger charge is -2.56. The molecule has 0 aromatic heterocycles. The summed E-state index contributed by atoms with van der Waals surface area (Å²) in [4.78, 5) is 18.6. The van der Waals surface area contributed by atoms with Crippen LogP contribution in [0.1, 0.15) is 56.1 Å². The van der Waals surface area contributed by atoms with Gasteiger partial charge in [-0.2, -0.15) is 0 Å². The number of hydrogen-bond acceptors (Lipinski definition) is 2. The Morgan fingerprint density at radius 1 is 0.926 bits per heavy atom. The molecule has 0 N–H and O–H groups in total. The van der Waals surface area contributed by atoms with Crippen LogP contribution in [0.2, 0.25) is 0 Å². The maximum absolute atomic E-state index is 13.6. The summed E-state index contributed by atoms with van der Waals surface area (Å²) in [5, 5.41) is 0. The molecule has 27 heavy (non-hydrogen) atoms. The van der Waals surface area contributed by atoms with Crippen molar-refractivity contribution in [2.45, 2.75) is 64.0 Å². The van der Waals surface area contributed by atoms with Gasteiger partial charge >= 0.3 is 0 Å². The van der Waals surface area contributed by atoms with Crippen molar-refractivity contribution in [2.24, 2.45) is 23.2 Å². The third-order valence-corrected chi connectivity index (χ3v) is 8.62. The Morgan fingerprint density at radius 3 is 2.30 bits per heavy atom. The quantitative estimate of drug-likeness (QED) is 0.795. The van der Waals surface area contributed by atoms with E-state index in [1.807, 2.05) is 0 Å². The van der Waals surface area contributed by atoms with Gasteiger partial charge in [0.25, 0.3) is 0 Å². The van der Waals surface area contributed by atoms with E-state index in [0.29, 0.717) is 11.9 Å². The van der Waals surface area contributed by atoms with E-state index in [1.165, 1.54) is 56.1 Å². The number of hydrogen-bond donors (Lipinski definition) is 0. The lowest BCUT2D eigenvalue weighted by Crippen LogP contribution is -2.54. The highest BCUT2D eigenvalue weighted by molar-refractivity contribution is 5.83. The molecular formula is C24H32N2O. The smallest absolute Gasteiger partial charge is 0.228 e. The molecule has 1 amide bonds. The predicted molar refractivity (Wildman–Crippen MR) is 106 cm³/mol. The number of amides is 1. The van der Waals surface area contributed by atoms with E-state index in [0.717, 1.165) is 50.4 Å². The molecule has 1 aromatic carbocycles. The molecule has 5 fully saturated rings. The second kappa shape index (κ2) is 6.07. The molecule has 6 aliphatic rings. The second-order valence-electron chi connectivity index (χ2n) is 10.4. The van der Waals surface area contributed by atoms with Gasteiger partial charge in [-0.05, 0) is 80.2 Å². The van der Waals surface area contributed by atoms with Gasteiger partial charge < -0.3 is 4.90 Å². The van der Waals surface area contributed by atoms with Crippen molar-refractivity contribution in [3.8, 4) is 0 Å². The van der Waals surface area contributed by atoms with Gasteiger partial charge in [0, 0.05) is 32.2 Å². The fourth-order valence-corrected chi connectivity index (χ4v) is 7.76. The molecule has 0 spiro atoms. The van der Waals surface area contributed by atoms with E-state index in [9.17, 15) is 4.79 Å². The SMILES string of the molecule is O=C(N1CCC(N2CCc3ccccc3C2)C1)C12CC3CC(CC(C3)C1)C2. The fraction of sp³-hybridized carbons (Fsp3) is 0.708. The van der Waals surface area contributed by atoms with E-state index >= 15 is 0 Å². The van der Waals surface area contributed by atoms with Gasteiger partial charge in [-0.25, -0.2) is 0 Å². The lowest BCUT2D eigenvalue weighted by atomic mass is 9.49. The molecule has 7 rings (SSSR count). The van der Waals surface area contributed by atoms with E-state index < -0.39 is 0 Å². The predicted octanol–water partition coefficient (Wildman–Crippen LogP) is 3.86. The molecule has 1 saturated heterocycles. The number of carbonyl (C=O) groups is 1. The van der Waals surface area contributed by atoms with E-state index in [2.05, 4.69) is 34.1 Å². The Hall–Kier alpha value is -1.35. The van der Waals surface area contributed by atoms with Gasteiger partial charge in [0.15, 0.2) is 0 Å². The third kappa shape index (κ3) is 2.68. The Bertz CT molecular complexity index is 721. The summed E-state index contributed by atoms with van der Waals surface area (Å²) in [5.41, 5.74) is 3.06. The van der Waals surface area contributed by atoms with Crippen LogP contribution in [0, 0.1) is 23.2 Å². The first kappa shape index (κ1) is 16.6. The highest BCUT2D eigenvalue weighted by atomic mass is 16.2. The van der Waals surface area contributed by atoms with Crippen LogP contribution >= 0.6 is 0 Å². The van der Waals surface area contributed by atoms with Gasteiger partial charge in [-0.15, -0.1) is 0 Å². The number of rotatable bonds is 2. The topological polar surface area (TPSA) is 23.6 Å². The molecule has 1 atom stereocenters. The van der Waals surface area contributed by atoms with Gasteiger partial charge in [-0.1, -0.05) is 24.3 Å². The molecule has 4 saturated carbocycles. The average Bonchev–Trinajstić information content (AvgIpc) is 3.16. The molecule has 1 unspecified atom stereocenters. The van der Waals surface area contributed by atoms with Crippen LogP contribution in [0.5, 0.6) is 0 Å². The number of likely N-dealkylation sites (tertiary alicyclic amines) is 1. The van der Waals surface area contributed by atoms with E-state index in [1.54, 1.807) is 0 Å². The fourth-order valence-electron chi connectivity index (χ4n) is 7.76. The summed E-state index contributed by atoms with van der Waals surface area (Å²) in [7, 11) is 0. The summed E-state index contributed by atoms with van der Waals surface area (Å²) in [6.07, 6.45) is 10.2. The maximum atomic E-state index is 13.6. The van der Waals surface area contributed by atoms with Crippen molar-refractivity contribution in [2.75, 3.05) is 19.6 Å². The molecule has 144 valence electrons. The molecule has 0 radical (unpaired) electrons. The Morgan fingerprint density at radius 2 is 1.59 bits per heavy atom. The lowest BCUT2D eigenvalue weighted by molar-refractivity contribution is -0.156. The first-order chi connectivity index (χ1) is 13.2. The first-order valence-electron chi connectivity index (χ1n) is 11.3. The second-order valence-corrected chi connectivity index (χ2v) is 10.4. The minimum absolute atomic E-state index is 0.0398. The molecule has 2 aliphatic heterocycles. The first-order valence-corrected chi connectivity index (χ1v) is 11.3. The third-order valence-electron chi connectivity index (χ3n) is 8.62. The monoisotopic (exact) mass is 364 g/mol.